The highest BCUT2D eigenvalue weighted by atomic mass is 16.5. The Kier molecular flexibility index (Phi) is 5.63. The summed E-state index contributed by atoms with van der Waals surface area (Å²) in [6.07, 6.45) is 3.89. The molecule has 2 heterocycles. The van der Waals surface area contributed by atoms with Crippen molar-refractivity contribution in [2.45, 2.75) is 32.2 Å². The van der Waals surface area contributed by atoms with Crippen LogP contribution in [0.3, 0.4) is 0 Å². The molecule has 2 saturated heterocycles. The first-order valence-electron chi connectivity index (χ1n) is 7.82. The van der Waals surface area contributed by atoms with Gasteiger partial charge in [0, 0.05) is 37.7 Å². The standard InChI is InChI=1S/C15H31N3O/c1-4-16-11-15(7-9-19-13-15)12-18-8-5-6-14(10-18)17(2)3/h14,16H,4-13H2,1-3H3. The van der Waals surface area contributed by atoms with Gasteiger partial charge in [0.25, 0.3) is 0 Å². The Balaban J connectivity index is 1.89. The van der Waals surface area contributed by atoms with Crippen molar-refractivity contribution in [3.63, 3.8) is 0 Å². The van der Waals surface area contributed by atoms with Crippen LogP contribution < -0.4 is 5.32 Å². The second-order valence-corrected chi connectivity index (χ2v) is 6.58. The van der Waals surface area contributed by atoms with E-state index in [0.717, 1.165) is 32.3 Å². The smallest absolute Gasteiger partial charge is 0.0547 e. The van der Waals surface area contributed by atoms with Crippen LogP contribution in [-0.4, -0.2) is 75.9 Å². The third-order valence-electron chi connectivity index (χ3n) is 4.70. The molecular formula is C15H31N3O. The summed E-state index contributed by atoms with van der Waals surface area (Å²) in [5.41, 5.74) is 0.351. The van der Waals surface area contributed by atoms with Gasteiger partial charge in [-0.2, -0.15) is 0 Å². The number of rotatable bonds is 6. The summed E-state index contributed by atoms with van der Waals surface area (Å²) in [5, 5.41) is 3.54. The zero-order valence-electron chi connectivity index (χ0n) is 13.0. The lowest BCUT2D eigenvalue weighted by molar-refractivity contribution is 0.0710. The molecular weight excluding hydrogens is 238 g/mol. The molecule has 0 bridgehead atoms. The molecule has 0 aromatic rings. The molecule has 0 spiro atoms. The summed E-state index contributed by atoms with van der Waals surface area (Å²) < 4.78 is 5.70. The van der Waals surface area contributed by atoms with E-state index in [0.29, 0.717) is 5.41 Å². The van der Waals surface area contributed by atoms with Gasteiger partial charge in [0.15, 0.2) is 0 Å². The summed E-state index contributed by atoms with van der Waals surface area (Å²) in [5.74, 6) is 0. The average Bonchev–Trinajstić information content (AvgIpc) is 2.85. The fourth-order valence-corrected chi connectivity index (χ4v) is 3.43. The maximum absolute atomic E-state index is 5.70. The number of nitrogens with one attached hydrogen (secondary N) is 1. The van der Waals surface area contributed by atoms with E-state index in [1.165, 1.54) is 38.9 Å². The van der Waals surface area contributed by atoms with Gasteiger partial charge < -0.3 is 19.9 Å². The highest BCUT2D eigenvalue weighted by Crippen LogP contribution is 2.30. The molecule has 4 heteroatoms. The van der Waals surface area contributed by atoms with Crippen molar-refractivity contribution in [3.8, 4) is 0 Å². The second kappa shape index (κ2) is 7.02. The highest BCUT2D eigenvalue weighted by molar-refractivity contribution is 4.90. The Morgan fingerprint density at radius 2 is 2.26 bits per heavy atom. The first-order chi connectivity index (χ1) is 9.15. The van der Waals surface area contributed by atoms with Crippen LogP contribution in [0.4, 0.5) is 0 Å². The molecule has 2 unspecified atom stereocenters. The maximum Gasteiger partial charge on any atom is 0.0547 e. The number of hydrogen-bond acceptors (Lipinski definition) is 4. The van der Waals surface area contributed by atoms with Gasteiger partial charge in [0.2, 0.25) is 0 Å². The van der Waals surface area contributed by atoms with Crippen molar-refractivity contribution in [2.75, 3.05) is 60.0 Å². The normalized spacial score (nSPS) is 33.2. The van der Waals surface area contributed by atoms with Crippen LogP contribution in [0, 0.1) is 5.41 Å². The molecule has 2 aliphatic rings. The molecule has 0 amide bonds. The lowest BCUT2D eigenvalue weighted by atomic mass is 9.85. The lowest BCUT2D eigenvalue weighted by Gasteiger charge is -2.40. The Labute approximate surface area is 118 Å². The van der Waals surface area contributed by atoms with E-state index in [4.69, 9.17) is 4.74 Å². The molecule has 0 aromatic heterocycles. The van der Waals surface area contributed by atoms with E-state index in [1.54, 1.807) is 0 Å². The third kappa shape index (κ3) is 4.15. The fraction of sp³-hybridized carbons (Fsp3) is 1.00. The van der Waals surface area contributed by atoms with Crippen molar-refractivity contribution in [1.82, 2.24) is 15.1 Å². The zero-order valence-corrected chi connectivity index (χ0v) is 13.0. The minimum Gasteiger partial charge on any atom is -0.381 e. The molecule has 0 radical (unpaired) electrons. The SMILES string of the molecule is CCNCC1(CN2CCCC(N(C)C)C2)CCOC1. The van der Waals surface area contributed by atoms with Gasteiger partial charge in [-0.1, -0.05) is 6.92 Å². The van der Waals surface area contributed by atoms with Gasteiger partial charge in [-0.3, -0.25) is 0 Å². The molecule has 2 rings (SSSR count). The third-order valence-corrected chi connectivity index (χ3v) is 4.70. The van der Waals surface area contributed by atoms with Crippen LogP contribution in [0.15, 0.2) is 0 Å². The van der Waals surface area contributed by atoms with Gasteiger partial charge in [-0.05, 0) is 46.4 Å². The molecule has 2 fully saturated rings. The van der Waals surface area contributed by atoms with E-state index < -0.39 is 0 Å². The topological polar surface area (TPSA) is 27.7 Å². The molecule has 4 nitrogen and oxygen atoms in total. The van der Waals surface area contributed by atoms with Crippen molar-refractivity contribution in [2.24, 2.45) is 5.41 Å². The Hall–Kier alpha value is -0.160. The van der Waals surface area contributed by atoms with Crippen LogP contribution in [0.1, 0.15) is 26.2 Å². The predicted molar refractivity (Wildman–Crippen MR) is 79.6 cm³/mol. The number of hydrogen-bond donors (Lipinski definition) is 1. The number of piperidine rings is 1. The van der Waals surface area contributed by atoms with Gasteiger partial charge in [-0.25, -0.2) is 0 Å². The van der Waals surface area contributed by atoms with Gasteiger partial charge in [0.05, 0.1) is 6.61 Å². The zero-order chi connectivity index (χ0) is 13.7. The molecule has 2 atom stereocenters. The quantitative estimate of drug-likeness (QED) is 0.779. The molecule has 1 N–H and O–H groups in total. The highest BCUT2D eigenvalue weighted by Gasteiger charge is 2.37. The summed E-state index contributed by atoms with van der Waals surface area (Å²) in [6.45, 7) is 9.91. The van der Waals surface area contributed by atoms with E-state index in [-0.39, 0.29) is 0 Å². The summed E-state index contributed by atoms with van der Waals surface area (Å²) in [4.78, 5) is 5.05. The van der Waals surface area contributed by atoms with Gasteiger partial charge in [0.1, 0.15) is 0 Å². The van der Waals surface area contributed by atoms with Crippen LogP contribution in [0.2, 0.25) is 0 Å². The minimum absolute atomic E-state index is 0.351. The monoisotopic (exact) mass is 269 g/mol. The van der Waals surface area contributed by atoms with E-state index in [2.05, 4.69) is 36.1 Å². The van der Waals surface area contributed by atoms with Crippen LogP contribution >= 0.6 is 0 Å². The largest absolute Gasteiger partial charge is 0.381 e. The molecule has 19 heavy (non-hydrogen) atoms. The van der Waals surface area contributed by atoms with Gasteiger partial charge in [-0.15, -0.1) is 0 Å². The number of likely N-dealkylation sites (tertiary alicyclic amines) is 1. The number of nitrogens with zero attached hydrogens (tertiary/aromatic N) is 2. The molecule has 0 aliphatic carbocycles. The first-order valence-corrected chi connectivity index (χ1v) is 7.82. The maximum atomic E-state index is 5.70. The Morgan fingerprint density at radius 1 is 1.42 bits per heavy atom. The van der Waals surface area contributed by atoms with E-state index in [9.17, 15) is 0 Å². The van der Waals surface area contributed by atoms with Crippen molar-refractivity contribution in [1.29, 1.82) is 0 Å². The predicted octanol–water partition coefficient (Wildman–Crippen LogP) is 1.03. The van der Waals surface area contributed by atoms with Crippen LogP contribution in [0.5, 0.6) is 0 Å². The Morgan fingerprint density at radius 3 is 2.89 bits per heavy atom. The van der Waals surface area contributed by atoms with Crippen molar-refractivity contribution >= 4 is 0 Å². The first kappa shape index (κ1) is 15.2. The number of ether oxygens (including phenoxy) is 1. The van der Waals surface area contributed by atoms with E-state index >= 15 is 0 Å². The minimum atomic E-state index is 0.351. The van der Waals surface area contributed by atoms with Crippen LogP contribution in [0.25, 0.3) is 0 Å². The van der Waals surface area contributed by atoms with Crippen LogP contribution in [-0.2, 0) is 4.74 Å². The van der Waals surface area contributed by atoms with Crippen molar-refractivity contribution < 1.29 is 4.74 Å². The molecule has 0 saturated carbocycles. The average molecular weight is 269 g/mol. The summed E-state index contributed by atoms with van der Waals surface area (Å²) in [6, 6.07) is 0.729. The van der Waals surface area contributed by atoms with E-state index in [1.807, 2.05) is 0 Å². The fourth-order valence-electron chi connectivity index (χ4n) is 3.43. The lowest BCUT2D eigenvalue weighted by Crippen LogP contribution is -2.51. The van der Waals surface area contributed by atoms with Gasteiger partial charge >= 0.3 is 0 Å². The molecule has 0 aromatic carbocycles. The Bertz CT molecular complexity index is 264. The summed E-state index contributed by atoms with van der Waals surface area (Å²) >= 11 is 0. The number of likely N-dealkylation sites (N-methyl/N-ethyl adjacent to an activating group) is 1. The summed E-state index contributed by atoms with van der Waals surface area (Å²) in [7, 11) is 4.42. The molecule has 112 valence electrons. The molecule has 2 aliphatic heterocycles. The van der Waals surface area contributed by atoms with Crippen molar-refractivity contribution in [3.05, 3.63) is 0 Å². The second-order valence-electron chi connectivity index (χ2n) is 6.58.